The third-order valence-electron chi connectivity index (χ3n) is 4.59. The maximum Gasteiger partial charge on any atom is 0.256 e. The molecule has 3 aromatic heterocycles. The highest BCUT2D eigenvalue weighted by molar-refractivity contribution is 6.06. The Labute approximate surface area is 141 Å². The number of amides is 1. The summed E-state index contributed by atoms with van der Waals surface area (Å²) in [5.41, 5.74) is 5.94. The number of aryl methyl sites for hydroxylation is 2. The van der Waals surface area contributed by atoms with Crippen LogP contribution in [0, 0.1) is 0 Å². The van der Waals surface area contributed by atoms with E-state index in [1.807, 2.05) is 18.3 Å². The number of H-pyrrole nitrogens is 3. The third-order valence-corrected chi connectivity index (χ3v) is 4.59. The molecule has 0 radical (unpaired) electrons. The lowest BCUT2D eigenvalue weighted by atomic mass is 9.94. The Balaban J connectivity index is 1.53. The first-order valence-electron chi connectivity index (χ1n) is 7.92. The first-order valence-corrected chi connectivity index (χ1v) is 7.92. The van der Waals surface area contributed by atoms with E-state index in [9.17, 15) is 9.90 Å². The summed E-state index contributed by atoms with van der Waals surface area (Å²) in [4.78, 5) is 15.8. The Bertz CT molecular complexity index is 1120. The summed E-state index contributed by atoms with van der Waals surface area (Å²) in [5.74, 6) is -0.114. The van der Waals surface area contributed by atoms with Gasteiger partial charge in [0, 0.05) is 22.5 Å². The van der Waals surface area contributed by atoms with Crippen LogP contribution in [0.1, 0.15) is 21.5 Å². The van der Waals surface area contributed by atoms with E-state index in [1.54, 1.807) is 6.07 Å². The summed E-state index contributed by atoms with van der Waals surface area (Å²) in [5, 5.41) is 26.4. The number of nitrogens with zero attached hydrogens (tertiary/aromatic N) is 2. The van der Waals surface area contributed by atoms with Gasteiger partial charge in [-0.2, -0.15) is 10.2 Å². The van der Waals surface area contributed by atoms with E-state index in [-0.39, 0.29) is 17.6 Å². The van der Waals surface area contributed by atoms with Gasteiger partial charge in [0.25, 0.3) is 5.91 Å². The second-order valence-electron chi connectivity index (χ2n) is 6.10. The lowest BCUT2D eigenvalue weighted by Gasteiger charge is -2.11. The number of nitrogens with one attached hydrogen (secondary N) is 4. The minimum absolute atomic E-state index is 0.0989. The van der Waals surface area contributed by atoms with Gasteiger partial charge < -0.3 is 15.4 Å². The zero-order chi connectivity index (χ0) is 17.0. The molecule has 0 bridgehead atoms. The topological polar surface area (TPSA) is 122 Å². The Morgan fingerprint density at radius 2 is 2.08 bits per heavy atom. The predicted octanol–water partition coefficient (Wildman–Crippen LogP) is 2.34. The second-order valence-corrected chi connectivity index (χ2v) is 6.10. The summed E-state index contributed by atoms with van der Waals surface area (Å²) in [7, 11) is 0. The van der Waals surface area contributed by atoms with Crippen molar-refractivity contribution in [3.8, 4) is 17.3 Å². The summed E-state index contributed by atoms with van der Waals surface area (Å²) < 4.78 is 0. The average Bonchev–Trinajstić information content (AvgIpc) is 3.31. The fourth-order valence-electron chi connectivity index (χ4n) is 3.41. The molecule has 0 saturated heterocycles. The Morgan fingerprint density at radius 3 is 2.92 bits per heavy atom. The van der Waals surface area contributed by atoms with Crippen LogP contribution in [-0.2, 0) is 12.8 Å². The standard InChI is InChI=1S/C17H14N6O2/c24-14-6-13(21-22-14)20-17(25)8-1-3-10-11-4-2-9-7-18-23-15(9)16(11)19-12(10)5-8/h1,3,5-7,19H,2,4H2,(H,18,23)(H3,20,21,22,24,25). The molecule has 0 spiro atoms. The van der Waals surface area contributed by atoms with Gasteiger partial charge in [0.05, 0.1) is 17.6 Å². The molecule has 8 heteroatoms. The number of rotatable bonds is 2. The molecule has 1 aliphatic rings. The van der Waals surface area contributed by atoms with Crippen molar-refractivity contribution in [2.24, 2.45) is 0 Å². The number of carbonyl (C=O) groups excluding carboxylic acids is 1. The Hall–Kier alpha value is -3.55. The monoisotopic (exact) mass is 334 g/mol. The fraction of sp³-hybridized carbons (Fsp3) is 0.118. The van der Waals surface area contributed by atoms with Crippen molar-refractivity contribution in [3.05, 3.63) is 47.2 Å². The van der Waals surface area contributed by atoms with Gasteiger partial charge in [-0.1, -0.05) is 6.07 Å². The molecule has 0 aliphatic heterocycles. The predicted molar refractivity (Wildman–Crippen MR) is 91.5 cm³/mol. The molecule has 124 valence electrons. The molecule has 4 aromatic rings. The van der Waals surface area contributed by atoms with E-state index >= 15 is 0 Å². The van der Waals surface area contributed by atoms with Crippen molar-refractivity contribution in [1.82, 2.24) is 25.4 Å². The fourth-order valence-corrected chi connectivity index (χ4v) is 3.41. The molecular weight excluding hydrogens is 320 g/mol. The molecule has 0 saturated carbocycles. The van der Waals surface area contributed by atoms with Crippen molar-refractivity contribution in [1.29, 1.82) is 0 Å². The molecule has 8 nitrogen and oxygen atoms in total. The molecule has 25 heavy (non-hydrogen) atoms. The number of anilines is 1. The number of benzene rings is 1. The number of fused-ring (bicyclic) bond motifs is 5. The van der Waals surface area contributed by atoms with E-state index < -0.39 is 0 Å². The highest BCUT2D eigenvalue weighted by Crippen LogP contribution is 2.36. The molecule has 0 fully saturated rings. The van der Waals surface area contributed by atoms with Gasteiger partial charge in [0.15, 0.2) is 5.82 Å². The lowest BCUT2D eigenvalue weighted by Crippen LogP contribution is -2.12. The zero-order valence-corrected chi connectivity index (χ0v) is 13.1. The van der Waals surface area contributed by atoms with Crippen LogP contribution in [0.2, 0.25) is 0 Å². The second kappa shape index (κ2) is 4.97. The summed E-state index contributed by atoms with van der Waals surface area (Å²) in [6.07, 6.45) is 3.76. The van der Waals surface area contributed by atoms with E-state index in [0.29, 0.717) is 5.56 Å². The maximum atomic E-state index is 12.4. The van der Waals surface area contributed by atoms with Crippen LogP contribution in [0.15, 0.2) is 30.5 Å². The van der Waals surface area contributed by atoms with Crippen LogP contribution in [0.3, 0.4) is 0 Å². The molecule has 1 amide bonds. The smallest absolute Gasteiger partial charge is 0.256 e. The van der Waals surface area contributed by atoms with Gasteiger partial charge in [-0.3, -0.25) is 9.89 Å². The maximum absolute atomic E-state index is 12.4. The van der Waals surface area contributed by atoms with Crippen molar-refractivity contribution < 1.29 is 9.90 Å². The van der Waals surface area contributed by atoms with Crippen LogP contribution in [0.25, 0.3) is 22.3 Å². The lowest BCUT2D eigenvalue weighted by molar-refractivity contribution is 0.102. The van der Waals surface area contributed by atoms with Crippen molar-refractivity contribution >= 4 is 22.6 Å². The molecule has 1 aliphatic carbocycles. The largest absolute Gasteiger partial charge is 0.494 e. The SMILES string of the molecule is O=C(Nc1cc(O)[nH]n1)c1ccc2c3c([nH]c2c1)-c1[nH]ncc1CC3. The van der Waals surface area contributed by atoms with Crippen LogP contribution >= 0.6 is 0 Å². The van der Waals surface area contributed by atoms with Crippen LogP contribution < -0.4 is 5.32 Å². The molecule has 0 atom stereocenters. The van der Waals surface area contributed by atoms with Gasteiger partial charge in [-0.25, -0.2) is 5.10 Å². The van der Waals surface area contributed by atoms with E-state index in [1.165, 1.54) is 17.2 Å². The van der Waals surface area contributed by atoms with Crippen LogP contribution in [0.4, 0.5) is 5.82 Å². The normalized spacial score (nSPS) is 12.8. The Morgan fingerprint density at radius 1 is 1.16 bits per heavy atom. The van der Waals surface area contributed by atoms with Gasteiger partial charge >= 0.3 is 0 Å². The minimum atomic E-state index is -0.289. The van der Waals surface area contributed by atoms with Gasteiger partial charge in [-0.15, -0.1) is 0 Å². The Kier molecular flexibility index (Phi) is 2.75. The molecule has 1 aromatic carbocycles. The summed E-state index contributed by atoms with van der Waals surface area (Å²) in [6.45, 7) is 0. The number of aromatic nitrogens is 5. The quantitative estimate of drug-likeness (QED) is 0.386. The van der Waals surface area contributed by atoms with Crippen LogP contribution in [-0.4, -0.2) is 36.4 Å². The van der Waals surface area contributed by atoms with Gasteiger partial charge in [0.2, 0.25) is 5.88 Å². The van der Waals surface area contributed by atoms with Crippen molar-refractivity contribution in [3.63, 3.8) is 0 Å². The molecule has 5 N–H and O–H groups in total. The average molecular weight is 334 g/mol. The highest BCUT2D eigenvalue weighted by Gasteiger charge is 2.22. The van der Waals surface area contributed by atoms with Gasteiger partial charge in [-0.05, 0) is 36.1 Å². The first-order chi connectivity index (χ1) is 12.2. The first kappa shape index (κ1) is 13.8. The molecule has 3 heterocycles. The molecular formula is C17H14N6O2. The van der Waals surface area contributed by atoms with E-state index in [2.05, 4.69) is 30.7 Å². The van der Waals surface area contributed by atoms with Crippen molar-refractivity contribution in [2.45, 2.75) is 12.8 Å². The van der Waals surface area contributed by atoms with Crippen molar-refractivity contribution in [2.75, 3.05) is 5.32 Å². The molecule has 0 unspecified atom stereocenters. The number of hydrogen-bond acceptors (Lipinski definition) is 4. The number of carbonyl (C=O) groups is 1. The van der Waals surface area contributed by atoms with Gasteiger partial charge in [0.1, 0.15) is 0 Å². The summed E-state index contributed by atoms with van der Waals surface area (Å²) in [6, 6.07) is 6.93. The third kappa shape index (κ3) is 2.11. The van der Waals surface area contributed by atoms with E-state index in [4.69, 9.17) is 0 Å². The molecule has 5 rings (SSSR count). The number of hydrogen-bond donors (Lipinski definition) is 5. The summed E-state index contributed by atoms with van der Waals surface area (Å²) >= 11 is 0. The minimum Gasteiger partial charge on any atom is -0.494 e. The van der Waals surface area contributed by atoms with E-state index in [0.717, 1.165) is 35.1 Å². The number of aromatic hydroxyl groups is 1. The number of aromatic amines is 3. The zero-order valence-electron chi connectivity index (χ0n) is 13.1. The highest BCUT2D eigenvalue weighted by atomic mass is 16.3. The van der Waals surface area contributed by atoms with Crippen LogP contribution in [0.5, 0.6) is 5.88 Å².